The zero-order valence-corrected chi connectivity index (χ0v) is 12.2. The molecule has 2 aromatic heterocycles. The second kappa shape index (κ2) is 5.09. The van der Waals surface area contributed by atoms with Gasteiger partial charge in [0.1, 0.15) is 11.3 Å². The highest BCUT2D eigenvalue weighted by atomic mass is 16.5. The second-order valence-corrected chi connectivity index (χ2v) is 5.12. The summed E-state index contributed by atoms with van der Waals surface area (Å²) in [5.74, 6) is 1.25. The number of nitrogens with zero attached hydrogens (tertiary/aromatic N) is 3. The molecule has 0 saturated heterocycles. The number of aromatic hydroxyl groups is 1. The highest BCUT2D eigenvalue weighted by Gasteiger charge is 2.19. The first-order valence-electron chi connectivity index (χ1n) is 6.81. The van der Waals surface area contributed by atoms with E-state index >= 15 is 0 Å². The number of benzene rings is 1. The van der Waals surface area contributed by atoms with Crippen LogP contribution in [0.3, 0.4) is 0 Å². The van der Waals surface area contributed by atoms with Crippen molar-refractivity contribution in [2.75, 3.05) is 7.11 Å². The van der Waals surface area contributed by atoms with E-state index in [0.29, 0.717) is 17.1 Å². The summed E-state index contributed by atoms with van der Waals surface area (Å²) in [7, 11) is 1.54. The molecule has 3 aromatic rings. The van der Waals surface area contributed by atoms with E-state index in [9.17, 15) is 5.11 Å². The Kier molecular flexibility index (Phi) is 3.25. The van der Waals surface area contributed by atoms with Crippen LogP contribution < -0.4 is 4.74 Å². The number of phenols is 1. The lowest BCUT2D eigenvalue weighted by Crippen LogP contribution is -2.03. The van der Waals surface area contributed by atoms with Crippen LogP contribution in [0, 0.1) is 0 Å². The number of para-hydroxylation sites is 1. The van der Waals surface area contributed by atoms with E-state index in [2.05, 4.69) is 28.4 Å². The highest BCUT2D eigenvalue weighted by Crippen LogP contribution is 2.38. The van der Waals surface area contributed by atoms with Crippen LogP contribution >= 0.6 is 0 Å². The third-order valence-corrected chi connectivity index (χ3v) is 3.47. The Morgan fingerprint density at radius 3 is 2.76 bits per heavy atom. The minimum atomic E-state index is 0.102. The van der Waals surface area contributed by atoms with Gasteiger partial charge in [0, 0.05) is 12.2 Å². The Bertz CT molecular complexity index is 793. The van der Waals surface area contributed by atoms with Gasteiger partial charge >= 0.3 is 0 Å². The molecule has 0 aliphatic carbocycles. The maximum atomic E-state index is 10.4. The van der Waals surface area contributed by atoms with Crippen molar-refractivity contribution >= 4 is 11.0 Å². The first-order chi connectivity index (χ1) is 10.1. The molecule has 5 nitrogen and oxygen atoms in total. The molecule has 0 spiro atoms. The van der Waals surface area contributed by atoms with Gasteiger partial charge in [-0.15, -0.1) is 0 Å². The Morgan fingerprint density at radius 2 is 2.05 bits per heavy atom. The van der Waals surface area contributed by atoms with Gasteiger partial charge < -0.3 is 14.4 Å². The summed E-state index contributed by atoms with van der Waals surface area (Å²) < 4.78 is 7.27. The molecule has 0 radical (unpaired) electrons. The van der Waals surface area contributed by atoms with Gasteiger partial charge in [-0.1, -0.05) is 6.07 Å². The molecule has 1 aromatic carbocycles. The SMILES string of the molecule is COc1cccc(-c2nc3cnccc3n2C(C)C)c1O. The molecule has 0 amide bonds. The molecule has 21 heavy (non-hydrogen) atoms. The molecular weight excluding hydrogens is 266 g/mol. The van der Waals surface area contributed by atoms with E-state index in [1.807, 2.05) is 18.2 Å². The number of hydrogen-bond acceptors (Lipinski definition) is 4. The minimum Gasteiger partial charge on any atom is -0.504 e. The van der Waals surface area contributed by atoms with Crippen LogP contribution in [0.25, 0.3) is 22.4 Å². The smallest absolute Gasteiger partial charge is 0.168 e. The van der Waals surface area contributed by atoms with Gasteiger partial charge in [-0.2, -0.15) is 0 Å². The summed E-state index contributed by atoms with van der Waals surface area (Å²) in [5, 5.41) is 10.4. The summed E-state index contributed by atoms with van der Waals surface area (Å²) in [6.07, 6.45) is 3.48. The van der Waals surface area contributed by atoms with Crippen molar-refractivity contribution in [3.05, 3.63) is 36.7 Å². The predicted octanol–water partition coefficient (Wildman–Crippen LogP) is 3.39. The Morgan fingerprint density at radius 1 is 1.24 bits per heavy atom. The fourth-order valence-corrected chi connectivity index (χ4v) is 2.53. The van der Waals surface area contributed by atoms with Gasteiger partial charge in [0.15, 0.2) is 11.5 Å². The normalized spacial score (nSPS) is 11.2. The van der Waals surface area contributed by atoms with Crippen LogP contribution in [0.1, 0.15) is 19.9 Å². The molecule has 0 saturated carbocycles. The van der Waals surface area contributed by atoms with Crippen molar-refractivity contribution in [1.29, 1.82) is 0 Å². The molecule has 0 unspecified atom stereocenters. The van der Waals surface area contributed by atoms with Crippen molar-refractivity contribution in [3.8, 4) is 22.9 Å². The Labute approximate surface area is 122 Å². The summed E-state index contributed by atoms with van der Waals surface area (Å²) >= 11 is 0. The lowest BCUT2D eigenvalue weighted by Gasteiger charge is -2.14. The van der Waals surface area contributed by atoms with Gasteiger partial charge in [-0.3, -0.25) is 4.98 Å². The standard InChI is InChI=1S/C16H17N3O2/c1-10(2)19-13-7-8-17-9-12(13)18-16(19)11-5-4-6-14(21-3)15(11)20/h4-10,20H,1-3H3. The van der Waals surface area contributed by atoms with Gasteiger partial charge in [0.05, 0.1) is 24.4 Å². The van der Waals surface area contributed by atoms with Crippen LogP contribution in [-0.2, 0) is 0 Å². The summed E-state index contributed by atoms with van der Waals surface area (Å²) in [6.45, 7) is 4.17. The quantitative estimate of drug-likeness (QED) is 0.800. The fourth-order valence-electron chi connectivity index (χ4n) is 2.53. The van der Waals surface area contributed by atoms with Crippen molar-refractivity contribution < 1.29 is 9.84 Å². The van der Waals surface area contributed by atoms with Crippen molar-refractivity contribution in [2.45, 2.75) is 19.9 Å². The number of fused-ring (bicyclic) bond motifs is 1. The molecule has 2 heterocycles. The van der Waals surface area contributed by atoms with Crippen LogP contribution in [-0.4, -0.2) is 26.8 Å². The van der Waals surface area contributed by atoms with Crippen LogP contribution in [0.15, 0.2) is 36.7 Å². The third kappa shape index (κ3) is 2.11. The van der Waals surface area contributed by atoms with Crippen LogP contribution in [0.4, 0.5) is 0 Å². The molecule has 108 valence electrons. The third-order valence-electron chi connectivity index (χ3n) is 3.47. The first kappa shape index (κ1) is 13.4. The number of ether oxygens (including phenoxy) is 1. The number of rotatable bonds is 3. The maximum Gasteiger partial charge on any atom is 0.168 e. The molecule has 0 aliphatic rings. The van der Waals surface area contributed by atoms with Crippen molar-refractivity contribution in [3.63, 3.8) is 0 Å². The number of imidazole rings is 1. The lowest BCUT2D eigenvalue weighted by atomic mass is 10.1. The summed E-state index contributed by atoms with van der Waals surface area (Å²) in [5.41, 5.74) is 2.46. The monoisotopic (exact) mass is 283 g/mol. The van der Waals surface area contributed by atoms with Gasteiger partial charge in [0.2, 0.25) is 0 Å². The highest BCUT2D eigenvalue weighted by molar-refractivity contribution is 5.82. The molecule has 0 atom stereocenters. The number of methoxy groups -OCH3 is 1. The van der Waals surface area contributed by atoms with Crippen LogP contribution in [0.2, 0.25) is 0 Å². The zero-order chi connectivity index (χ0) is 15.0. The predicted molar refractivity (Wildman–Crippen MR) is 81.6 cm³/mol. The number of phenolic OH excluding ortho intramolecular Hbond substituents is 1. The van der Waals surface area contributed by atoms with Crippen LogP contribution in [0.5, 0.6) is 11.5 Å². The average Bonchev–Trinajstić information content (AvgIpc) is 2.86. The molecule has 5 heteroatoms. The first-order valence-corrected chi connectivity index (χ1v) is 6.81. The van der Waals surface area contributed by atoms with Gasteiger partial charge in [0.25, 0.3) is 0 Å². The summed E-state index contributed by atoms with van der Waals surface area (Å²) in [4.78, 5) is 8.74. The molecule has 0 bridgehead atoms. The zero-order valence-electron chi connectivity index (χ0n) is 12.2. The average molecular weight is 283 g/mol. The molecular formula is C16H17N3O2. The van der Waals surface area contributed by atoms with Gasteiger partial charge in [-0.25, -0.2) is 4.98 Å². The van der Waals surface area contributed by atoms with E-state index in [1.165, 1.54) is 7.11 Å². The minimum absolute atomic E-state index is 0.102. The van der Waals surface area contributed by atoms with E-state index in [-0.39, 0.29) is 11.8 Å². The molecule has 0 aliphatic heterocycles. The number of aromatic nitrogens is 3. The van der Waals surface area contributed by atoms with E-state index in [1.54, 1.807) is 18.5 Å². The van der Waals surface area contributed by atoms with E-state index in [4.69, 9.17) is 4.74 Å². The molecule has 1 N–H and O–H groups in total. The second-order valence-electron chi connectivity index (χ2n) is 5.12. The van der Waals surface area contributed by atoms with E-state index < -0.39 is 0 Å². The van der Waals surface area contributed by atoms with Crippen molar-refractivity contribution in [1.82, 2.24) is 14.5 Å². The fraction of sp³-hybridized carbons (Fsp3) is 0.250. The Hall–Kier alpha value is -2.56. The number of pyridine rings is 1. The van der Waals surface area contributed by atoms with Crippen molar-refractivity contribution in [2.24, 2.45) is 0 Å². The molecule has 3 rings (SSSR count). The lowest BCUT2D eigenvalue weighted by molar-refractivity contribution is 0.374. The van der Waals surface area contributed by atoms with Gasteiger partial charge in [-0.05, 0) is 32.0 Å². The molecule has 0 fully saturated rings. The Balaban J connectivity index is 2.32. The largest absolute Gasteiger partial charge is 0.504 e. The topological polar surface area (TPSA) is 60.2 Å². The van der Waals surface area contributed by atoms with E-state index in [0.717, 1.165) is 11.0 Å². The maximum absolute atomic E-state index is 10.4. The number of hydrogen-bond donors (Lipinski definition) is 1. The summed E-state index contributed by atoms with van der Waals surface area (Å²) in [6, 6.07) is 7.55.